The van der Waals surface area contributed by atoms with Crippen molar-refractivity contribution in [2.75, 3.05) is 17.2 Å². The van der Waals surface area contributed by atoms with E-state index < -0.39 is 11.7 Å². The number of benzene rings is 1. The molecule has 2 nitrogen and oxygen atoms in total. The molecule has 0 fully saturated rings. The molecule has 0 aliphatic carbocycles. The number of unbranched alkanes of at least 4 members (excludes halogenated alkanes) is 1. The van der Waals surface area contributed by atoms with Crippen molar-refractivity contribution in [2.24, 2.45) is 0 Å². The van der Waals surface area contributed by atoms with Crippen LogP contribution >= 0.6 is 0 Å². The summed E-state index contributed by atoms with van der Waals surface area (Å²) >= 11 is 0. The predicted molar refractivity (Wildman–Crippen MR) is 66.9 cm³/mol. The topological polar surface area (TPSA) is 24.1 Å². The maximum Gasteiger partial charge on any atom is 0.416 e. The molecule has 2 rings (SSSR count). The van der Waals surface area contributed by atoms with Crippen LogP contribution < -0.4 is 10.6 Å². The molecule has 1 heterocycles. The van der Waals surface area contributed by atoms with Gasteiger partial charge in [-0.05, 0) is 24.6 Å². The molecule has 1 unspecified atom stereocenters. The summed E-state index contributed by atoms with van der Waals surface area (Å²) in [5.41, 5.74) is 0.690. The number of hydrogen-bond donors (Lipinski definition) is 2. The van der Waals surface area contributed by atoms with Crippen LogP contribution in [0.5, 0.6) is 0 Å². The molecule has 0 aromatic heterocycles. The van der Waals surface area contributed by atoms with E-state index in [9.17, 15) is 13.2 Å². The van der Waals surface area contributed by atoms with E-state index >= 15 is 0 Å². The number of halogens is 3. The van der Waals surface area contributed by atoms with Crippen LogP contribution in [-0.2, 0) is 6.18 Å². The molecule has 100 valence electrons. The molecule has 1 aromatic carbocycles. The van der Waals surface area contributed by atoms with Gasteiger partial charge >= 0.3 is 6.18 Å². The predicted octanol–water partition coefficient (Wildman–Crippen LogP) is 4.10. The van der Waals surface area contributed by atoms with Crippen LogP contribution in [0, 0.1) is 0 Å². The molecule has 2 N–H and O–H groups in total. The Morgan fingerprint density at radius 3 is 2.72 bits per heavy atom. The van der Waals surface area contributed by atoms with Crippen LogP contribution in [-0.4, -0.2) is 12.6 Å². The number of hydrogen-bond acceptors (Lipinski definition) is 2. The number of alkyl halides is 3. The fourth-order valence-electron chi connectivity index (χ4n) is 2.12. The monoisotopic (exact) mass is 258 g/mol. The first-order valence-corrected chi connectivity index (χ1v) is 6.22. The molecule has 1 aliphatic heterocycles. The molecule has 5 heteroatoms. The lowest BCUT2D eigenvalue weighted by atomic mass is 10.0. The van der Waals surface area contributed by atoms with Gasteiger partial charge in [-0.1, -0.05) is 19.8 Å². The van der Waals surface area contributed by atoms with Gasteiger partial charge in [0.05, 0.1) is 16.9 Å². The average Bonchev–Trinajstić information content (AvgIpc) is 2.34. The maximum atomic E-state index is 12.6. The molecule has 0 radical (unpaired) electrons. The Labute approximate surface area is 105 Å². The summed E-state index contributed by atoms with van der Waals surface area (Å²) in [6.07, 6.45) is -1.01. The van der Waals surface area contributed by atoms with Crippen LogP contribution in [0.1, 0.15) is 31.7 Å². The third kappa shape index (κ3) is 2.89. The van der Waals surface area contributed by atoms with E-state index in [0.717, 1.165) is 31.0 Å². The van der Waals surface area contributed by atoms with Crippen LogP contribution in [0.4, 0.5) is 24.5 Å². The van der Waals surface area contributed by atoms with Crippen molar-refractivity contribution >= 4 is 11.4 Å². The van der Waals surface area contributed by atoms with E-state index in [4.69, 9.17) is 0 Å². The minimum Gasteiger partial charge on any atom is -0.381 e. The van der Waals surface area contributed by atoms with Crippen LogP contribution in [0.3, 0.4) is 0 Å². The van der Waals surface area contributed by atoms with E-state index in [2.05, 4.69) is 17.6 Å². The first-order valence-electron chi connectivity index (χ1n) is 6.22. The number of fused-ring (bicyclic) bond motifs is 1. The summed E-state index contributed by atoms with van der Waals surface area (Å²) in [6, 6.07) is 4.09. The van der Waals surface area contributed by atoms with E-state index in [1.807, 2.05) is 0 Å². The Hall–Kier alpha value is -1.39. The molecule has 0 amide bonds. The Morgan fingerprint density at radius 2 is 2.06 bits per heavy atom. The summed E-state index contributed by atoms with van der Waals surface area (Å²) in [5, 5.41) is 6.35. The summed E-state index contributed by atoms with van der Waals surface area (Å²) in [7, 11) is 0. The lowest BCUT2D eigenvalue weighted by Crippen LogP contribution is -2.33. The second-order valence-corrected chi connectivity index (χ2v) is 4.62. The Bertz CT molecular complexity index is 415. The van der Waals surface area contributed by atoms with Crippen molar-refractivity contribution in [3.05, 3.63) is 23.8 Å². The van der Waals surface area contributed by atoms with Gasteiger partial charge in [-0.25, -0.2) is 0 Å². The van der Waals surface area contributed by atoms with Gasteiger partial charge in [0.15, 0.2) is 0 Å². The molecule has 0 spiro atoms. The van der Waals surface area contributed by atoms with Gasteiger partial charge in [0.2, 0.25) is 0 Å². The summed E-state index contributed by atoms with van der Waals surface area (Å²) in [6.45, 7) is 2.80. The van der Waals surface area contributed by atoms with Gasteiger partial charge < -0.3 is 10.6 Å². The number of nitrogens with one attached hydrogen (secondary N) is 2. The SMILES string of the molecule is CCCCC1CNc2cc(C(F)(F)F)ccc2N1. The zero-order valence-corrected chi connectivity index (χ0v) is 10.3. The number of anilines is 2. The molecule has 0 bridgehead atoms. The first-order chi connectivity index (χ1) is 8.50. The largest absolute Gasteiger partial charge is 0.416 e. The van der Waals surface area contributed by atoms with Crippen LogP contribution in [0.15, 0.2) is 18.2 Å². The molecule has 1 atom stereocenters. The zero-order chi connectivity index (χ0) is 13.2. The Morgan fingerprint density at radius 1 is 1.28 bits per heavy atom. The summed E-state index contributed by atoms with van der Waals surface area (Å²) < 4.78 is 37.7. The van der Waals surface area contributed by atoms with Gasteiger partial charge in [-0.2, -0.15) is 13.2 Å². The number of rotatable bonds is 3. The molecular formula is C13H17F3N2. The minimum atomic E-state index is -4.28. The lowest BCUT2D eigenvalue weighted by molar-refractivity contribution is -0.137. The van der Waals surface area contributed by atoms with Crippen molar-refractivity contribution in [2.45, 2.75) is 38.4 Å². The van der Waals surface area contributed by atoms with E-state index in [1.54, 1.807) is 0 Å². The van der Waals surface area contributed by atoms with Gasteiger partial charge in [0.1, 0.15) is 0 Å². The van der Waals surface area contributed by atoms with Crippen molar-refractivity contribution in [3.63, 3.8) is 0 Å². The zero-order valence-electron chi connectivity index (χ0n) is 10.3. The highest BCUT2D eigenvalue weighted by Gasteiger charge is 2.31. The van der Waals surface area contributed by atoms with Gasteiger partial charge in [-0.15, -0.1) is 0 Å². The second-order valence-electron chi connectivity index (χ2n) is 4.62. The van der Waals surface area contributed by atoms with Crippen molar-refractivity contribution < 1.29 is 13.2 Å². The smallest absolute Gasteiger partial charge is 0.381 e. The highest BCUT2D eigenvalue weighted by molar-refractivity contribution is 5.72. The molecule has 18 heavy (non-hydrogen) atoms. The maximum absolute atomic E-state index is 12.6. The average molecular weight is 258 g/mol. The Kier molecular flexibility index (Phi) is 3.68. The minimum absolute atomic E-state index is 0.300. The van der Waals surface area contributed by atoms with Gasteiger partial charge in [0, 0.05) is 12.6 Å². The van der Waals surface area contributed by atoms with Crippen LogP contribution in [0.25, 0.3) is 0 Å². The van der Waals surface area contributed by atoms with E-state index in [-0.39, 0.29) is 0 Å². The fourth-order valence-corrected chi connectivity index (χ4v) is 2.12. The highest BCUT2D eigenvalue weighted by atomic mass is 19.4. The molecule has 0 saturated heterocycles. The third-order valence-corrected chi connectivity index (χ3v) is 3.15. The van der Waals surface area contributed by atoms with Crippen molar-refractivity contribution in [1.82, 2.24) is 0 Å². The van der Waals surface area contributed by atoms with Gasteiger partial charge in [0.25, 0.3) is 0 Å². The quantitative estimate of drug-likeness (QED) is 0.852. The molecule has 0 saturated carbocycles. The molecule has 1 aliphatic rings. The highest BCUT2D eigenvalue weighted by Crippen LogP contribution is 2.35. The Balaban J connectivity index is 2.11. The van der Waals surface area contributed by atoms with Crippen molar-refractivity contribution in [3.8, 4) is 0 Å². The van der Waals surface area contributed by atoms with E-state index in [1.165, 1.54) is 12.1 Å². The third-order valence-electron chi connectivity index (χ3n) is 3.15. The molecular weight excluding hydrogens is 241 g/mol. The van der Waals surface area contributed by atoms with Gasteiger partial charge in [-0.3, -0.25) is 0 Å². The van der Waals surface area contributed by atoms with Crippen molar-refractivity contribution in [1.29, 1.82) is 0 Å². The normalized spacial score (nSPS) is 18.8. The van der Waals surface area contributed by atoms with E-state index in [0.29, 0.717) is 18.3 Å². The second kappa shape index (κ2) is 5.08. The first kappa shape index (κ1) is 13.1. The fraction of sp³-hybridized carbons (Fsp3) is 0.538. The standard InChI is InChI=1S/C13H17F3N2/c1-2-3-4-10-8-17-12-7-9(13(14,15)16)5-6-11(12)18-10/h5-7,10,17-18H,2-4,8H2,1H3. The summed E-state index contributed by atoms with van der Waals surface area (Å²) in [4.78, 5) is 0. The van der Waals surface area contributed by atoms with Crippen LogP contribution in [0.2, 0.25) is 0 Å². The molecule has 1 aromatic rings. The lowest BCUT2D eigenvalue weighted by Gasteiger charge is -2.29. The summed E-state index contributed by atoms with van der Waals surface area (Å²) in [5.74, 6) is 0.